The average molecular weight is 221 g/mol. The highest BCUT2D eigenvalue weighted by atomic mass is 19.1. The predicted octanol–water partition coefficient (Wildman–Crippen LogP) is 1.63. The van der Waals surface area contributed by atoms with Crippen molar-refractivity contribution >= 4 is 0 Å². The molecule has 0 radical (unpaired) electrons. The molecule has 1 N–H and O–H groups in total. The Labute approximate surface area is 92.3 Å². The molecule has 5 heteroatoms. The molecule has 16 heavy (non-hydrogen) atoms. The van der Waals surface area contributed by atoms with Crippen LogP contribution in [0.15, 0.2) is 30.5 Å². The monoisotopic (exact) mass is 221 g/mol. The van der Waals surface area contributed by atoms with E-state index in [2.05, 4.69) is 10.3 Å². The standard InChI is InChI=1S/C11H12FN3O/c1-11(2,16)10-7-13-14-15(10)9-6-4-3-5-8(9)12/h3-7,16H,1-2H3. The summed E-state index contributed by atoms with van der Waals surface area (Å²) in [4.78, 5) is 0. The lowest BCUT2D eigenvalue weighted by molar-refractivity contribution is 0.0710. The number of aromatic nitrogens is 3. The molecule has 0 saturated carbocycles. The second-order valence-corrected chi connectivity index (χ2v) is 4.04. The van der Waals surface area contributed by atoms with Crippen LogP contribution in [0.2, 0.25) is 0 Å². The van der Waals surface area contributed by atoms with Crippen LogP contribution < -0.4 is 0 Å². The molecule has 0 atom stereocenters. The molecule has 1 heterocycles. The van der Waals surface area contributed by atoms with Crippen molar-refractivity contribution in [2.75, 3.05) is 0 Å². The number of para-hydroxylation sites is 1. The minimum absolute atomic E-state index is 0.275. The molecule has 2 aromatic rings. The molecule has 84 valence electrons. The Bertz CT molecular complexity index is 502. The zero-order chi connectivity index (χ0) is 11.8. The van der Waals surface area contributed by atoms with E-state index in [4.69, 9.17) is 0 Å². The summed E-state index contributed by atoms with van der Waals surface area (Å²) in [7, 11) is 0. The lowest BCUT2D eigenvalue weighted by atomic mass is 10.1. The zero-order valence-corrected chi connectivity index (χ0v) is 9.05. The molecule has 0 amide bonds. The van der Waals surface area contributed by atoms with Crippen LogP contribution >= 0.6 is 0 Å². The summed E-state index contributed by atoms with van der Waals surface area (Å²) in [5.41, 5.74) is -0.402. The van der Waals surface area contributed by atoms with Crippen LogP contribution in [-0.2, 0) is 5.60 Å². The van der Waals surface area contributed by atoms with Gasteiger partial charge in [-0.2, -0.15) is 0 Å². The predicted molar refractivity (Wildman–Crippen MR) is 56.6 cm³/mol. The number of hydrogen-bond donors (Lipinski definition) is 1. The largest absolute Gasteiger partial charge is 0.384 e. The fraction of sp³-hybridized carbons (Fsp3) is 0.273. The number of benzene rings is 1. The Morgan fingerprint density at radius 2 is 2.00 bits per heavy atom. The van der Waals surface area contributed by atoms with E-state index in [9.17, 15) is 9.50 Å². The second-order valence-electron chi connectivity index (χ2n) is 4.04. The van der Waals surface area contributed by atoms with E-state index in [1.165, 1.54) is 16.9 Å². The Hall–Kier alpha value is -1.75. The number of halogens is 1. The molecule has 2 rings (SSSR count). The summed E-state index contributed by atoms with van der Waals surface area (Å²) in [6.45, 7) is 3.20. The zero-order valence-electron chi connectivity index (χ0n) is 9.05. The lowest BCUT2D eigenvalue weighted by Crippen LogP contribution is -2.21. The Kier molecular flexibility index (Phi) is 2.47. The summed E-state index contributed by atoms with van der Waals surface area (Å²) in [5.74, 6) is -0.404. The van der Waals surface area contributed by atoms with Gasteiger partial charge in [-0.05, 0) is 26.0 Å². The molecule has 0 fully saturated rings. The summed E-state index contributed by atoms with van der Waals surface area (Å²) >= 11 is 0. The quantitative estimate of drug-likeness (QED) is 0.838. The first-order valence-electron chi connectivity index (χ1n) is 4.88. The van der Waals surface area contributed by atoms with Crippen molar-refractivity contribution in [1.82, 2.24) is 15.0 Å². The molecular weight excluding hydrogens is 209 g/mol. The lowest BCUT2D eigenvalue weighted by Gasteiger charge is -2.18. The Morgan fingerprint density at radius 1 is 1.31 bits per heavy atom. The summed E-state index contributed by atoms with van der Waals surface area (Å²) in [6, 6.07) is 6.22. The van der Waals surface area contributed by atoms with Gasteiger partial charge in [-0.3, -0.25) is 0 Å². The molecule has 0 aliphatic heterocycles. The normalized spacial score (nSPS) is 11.8. The van der Waals surface area contributed by atoms with E-state index >= 15 is 0 Å². The van der Waals surface area contributed by atoms with Gasteiger partial charge in [-0.25, -0.2) is 9.07 Å². The highest BCUT2D eigenvalue weighted by Crippen LogP contribution is 2.22. The molecule has 0 bridgehead atoms. The fourth-order valence-electron chi connectivity index (χ4n) is 1.45. The molecule has 0 unspecified atom stereocenters. The average Bonchev–Trinajstić information content (AvgIpc) is 2.66. The van der Waals surface area contributed by atoms with Crippen molar-refractivity contribution in [3.63, 3.8) is 0 Å². The molecule has 0 aliphatic carbocycles. The Balaban J connectivity index is 2.58. The molecule has 4 nitrogen and oxygen atoms in total. The van der Waals surface area contributed by atoms with Gasteiger partial charge >= 0.3 is 0 Å². The molecule has 0 aliphatic rings. The molecule has 1 aromatic carbocycles. The summed E-state index contributed by atoms with van der Waals surface area (Å²) < 4.78 is 14.9. The first kappa shape index (κ1) is 10.8. The van der Waals surface area contributed by atoms with Crippen molar-refractivity contribution in [3.05, 3.63) is 42.0 Å². The van der Waals surface area contributed by atoms with Crippen LogP contribution in [0.3, 0.4) is 0 Å². The van der Waals surface area contributed by atoms with Crippen molar-refractivity contribution in [2.24, 2.45) is 0 Å². The van der Waals surface area contributed by atoms with E-state index in [0.717, 1.165) is 0 Å². The Morgan fingerprint density at radius 3 is 2.62 bits per heavy atom. The maximum absolute atomic E-state index is 13.6. The topological polar surface area (TPSA) is 50.9 Å². The molecule has 0 spiro atoms. The van der Waals surface area contributed by atoms with Crippen LogP contribution in [0.25, 0.3) is 5.69 Å². The van der Waals surface area contributed by atoms with Gasteiger partial charge in [0.2, 0.25) is 0 Å². The highest BCUT2D eigenvalue weighted by molar-refractivity contribution is 5.34. The number of hydrogen-bond acceptors (Lipinski definition) is 3. The van der Waals surface area contributed by atoms with Gasteiger partial charge in [0.15, 0.2) is 0 Å². The SMILES string of the molecule is CC(C)(O)c1cnnn1-c1ccccc1F. The van der Waals surface area contributed by atoms with Crippen molar-refractivity contribution in [1.29, 1.82) is 0 Å². The third kappa shape index (κ3) is 1.81. The first-order chi connectivity index (χ1) is 7.50. The second kappa shape index (κ2) is 3.68. The maximum atomic E-state index is 13.6. The van der Waals surface area contributed by atoms with Crippen molar-refractivity contribution in [3.8, 4) is 5.69 Å². The van der Waals surface area contributed by atoms with Gasteiger partial charge < -0.3 is 5.11 Å². The summed E-state index contributed by atoms with van der Waals surface area (Å²) in [6.07, 6.45) is 1.42. The van der Waals surface area contributed by atoms with Gasteiger partial charge in [0.1, 0.15) is 17.1 Å². The van der Waals surface area contributed by atoms with E-state index in [1.54, 1.807) is 32.0 Å². The summed E-state index contributed by atoms with van der Waals surface area (Å²) in [5, 5.41) is 17.4. The third-order valence-electron chi connectivity index (χ3n) is 2.26. The number of aliphatic hydroxyl groups is 1. The molecule has 1 aromatic heterocycles. The highest BCUT2D eigenvalue weighted by Gasteiger charge is 2.23. The van der Waals surface area contributed by atoms with Crippen LogP contribution in [0.5, 0.6) is 0 Å². The van der Waals surface area contributed by atoms with E-state index < -0.39 is 11.4 Å². The van der Waals surface area contributed by atoms with E-state index in [0.29, 0.717) is 5.69 Å². The minimum atomic E-state index is -1.12. The third-order valence-corrected chi connectivity index (χ3v) is 2.26. The van der Waals surface area contributed by atoms with Gasteiger partial charge in [-0.15, -0.1) is 5.10 Å². The van der Waals surface area contributed by atoms with Crippen LogP contribution in [0, 0.1) is 5.82 Å². The number of nitrogens with zero attached hydrogens (tertiary/aromatic N) is 3. The first-order valence-corrected chi connectivity index (χ1v) is 4.88. The van der Waals surface area contributed by atoms with Gasteiger partial charge in [0.25, 0.3) is 0 Å². The van der Waals surface area contributed by atoms with E-state index in [1.807, 2.05) is 0 Å². The minimum Gasteiger partial charge on any atom is -0.384 e. The van der Waals surface area contributed by atoms with Gasteiger partial charge in [0.05, 0.1) is 11.9 Å². The molecular formula is C11H12FN3O. The molecule has 0 saturated heterocycles. The van der Waals surface area contributed by atoms with E-state index in [-0.39, 0.29) is 5.69 Å². The van der Waals surface area contributed by atoms with Gasteiger partial charge in [-0.1, -0.05) is 17.3 Å². The van der Waals surface area contributed by atoms with Crippen LogP contribution in [-0.4, -0.2) is 20.1 Å². The van der Waals surface area contributed by atoms with Gasteiger partial charge in [0, 0.05) is 0 Å². The maximum Gasteiger partial charge on any atom is 0.148 e. The fourth-order valence-corrected chi connectivity index (χ4v) is 1.45. The smallest absolute Gasteiger partial charge is 0.148 e. The van der Waals surface area contributed by atoms with Crippen LogP contribution in [0.4, 0.5) is 4.39 Å². The number of rotatable bonds is 2. The van der Waals surface area contributed by atoms with Crippen molar-refractivity contribution < 1.29 is 9.50 Å². The van der Waals surface area contributed by atoms with Crippen molar-refractivity contribution in [2.45, 2.75) is 19.4 Å². The van der Waals surface area contributed by atoms with Crippen LogP contribution in [0.1, 0.15) is 19.5 Å².